The Morgan fingerprint density at radius 3 is 2.26 bits per heavy atom. The van der Waals surface area contributed by atoms with Gasteiger partial charge in [-0.25, -0.2) is 4.39 Å². The standard InChI is InChI=1S/C33H32FN3O7S2/c1-5-6-15-44-23-13-9-20(10-14-23)28(38)26-27(21-16-24(41-2)30(43-4)25(17-21)42-3)37(31(40)29(26)39)32-35-36-33(46-32)45-18-19-7-11-22(34)12-8-19/h7-14,16-17,27,38H,5-6,15,18H2,1-4H3/t27-/m0/s1. The number of Topliss-reactive ketones (excluding diaryl/α,β-unsaturated/α-hetero) is 1. The number of ether oxygens (including phenoxy) is 4. The van der Waals surface area contributed by atoms with Crippen LogP contribution in [0, 0.1) is 5.82 Å². The molecule has 1 atom stereocenters. The first-order chi connectivity index (χ1) is 22.3. The van der Waals surface area contributed by atoms with Crippen LogP contribution in [0.25, 0.3) is 5.76 Å². The zero-order valence-electron chi connectivity index (χ0n) is 25.6. The maximum absolute atomic E-state index is 13.7. The lowest BCUT2D eigenvalue weighted by molar-refractivity contribution is -0.132. The molecular weight excluding hydrogens is 634 g/mol. The van der Waals surface area contributed by atoms with E-state index < -0.39 is 17.7 Å². The highest BCUT2D eigenvalue weighted by atomic mass is 32.2. The molecule has 10 nitrogen and oxygen atoms in total. The third-order valence-electron chi connectivity index (χ3n) is 7.22. The number of benzene rings is 3. The number of amides is 1. The Labute approximate surface area is 273 Å². The number of thioether (sulfide) groups is 1. The number of carbonyl (C=O) groups excluding carboxylic acids is 2. The predicted octanol–water partition coefficient (Wildman–Crippen LogP) is 6.80. The van der Waals surface area contributed by atoms with Gasteiger partial charge in [-0.2, -0.15) is 0 Å². The summed E-state index contributed by atoms with van der Waals surface area (Å²) in [6.07, 6.45) is 1.89. The Morgan fingerprint density at radius 2 is 1.65 bits per heavy atom. The minimum absolute atomic E-state index is 0.144. The fraction of sp³-hybridized carbons (Fsp3) is 0.273. The van der Waals surface area contributed by atoms with E-state index in [4.69, 9.17) is 18.9 Å². The third-order valence-corrected chi connectivity index (χ3v) is 9.35. The van der Waals surface area contributed by atoms with E-state index in [2.05, 4.69) is 17.1 Å². The Kier molecular flexibility index (Phi) is 10.4. The molecule has 0 unspecified atom stereocenters. The maximum atomic E-state index is 13.7. The van der Waals surface area contributed by atoms with E-state index in [-0.39, 0.29) is 22.3 Å². The number of hydrogen-bond donors (Lipinski definition) is 1. The van der Waals surface area contributed by atoms with Crippen LogP contribution in [0.15, 0.2) is 70.6 Å². The van der Waals surface area contributed by atoms with Crippen molar-refractivity contribution in [1.29, 1.82) is 0 Å². The van der Waals surface area contributed by atoms with E-state index >= 15 is 0 Å². The van der Waals surface area contributed by atoms with Crippen molar-refractivity contribution in [3.8, 4) is 23.0 Å². The molecule has 0 saturated carbocycles. The van der Waals surface area contributed by atoms with Gasteiger partial charge in [0.15, 0.2) is 15.8 Å². The molecule has 0 bridgehead atoms. The molecule has 46 heavy (non-hydrogen) atoms. The van der Waals surface area contributed by atoms with Gasteiger partial charge in [0.1, 0.15) is 17.3 Å². The molecule has 13 heteroatoms. The van der Waals surface area contributed by atoms with E-state index in [1.54, 1.807) is 48.5 Å². The molecule has 4 aromatic rings. The fourth-order valence-electron chi connectivity index (χ4n) is 4.89. The van der Waals surface area contributed by atoms with Gasteiger partial charge in [-0.15, -0.1) is 10.2 Å². The highest BCUT2D eigenvalue weighted by Gasteiger charge is 2.49. The number of carbonyl (C=O) groups is 2. The van der Waals surface area contributed by atoms with Gasteiger partial charge in [-0.05, 0) is 66.1 Å². The van der Waals surface area contributed by atoms with Crippen LogP contribution in [0.2, 0.25) is 0 Å². The lowest BCUT2D eigenvalue weighted by Crippen LogP contribution is -2.29. The SMILES string of the molecule is CCCCOc1ccc(C(O)=C2C(=O)C(=O)N(c3nnc(SCc4ccc(F)cc4)s3)[C@H]2c2cc(OC)c(OC)c(OC)c2)cc1. The minimum Gasteiger partial charge on any atom is -0.507 e. The predicted molar refractivity (Wildman–Crippen MR) is 174 cm³/mol. The van der Waals surface area contributed by atoms with Crippen LogP contribution in [0.5, 0.6) is 23.0 Å². The maximum Gasteiger partial charge on any atom is 0.301 e. The first-order valence-electron chi connectivity index (χ1n) is 14.3. The zero-order valence-corrected chi connectivity index (χ0v) is 27.2. The van der Waals surface area contributed by atoms with Crippen molar-refractivity contribution in [3.05, 3.63) is 88.7 Å². The van der Waals surface area contributed by atoms with Gasteiger partial charge in [-0.1, -0.05) is 48.6 Å². The number of methoxy groups -OCH3 is 3. The van der Waals surface area contributed by atoms with Gasteiger partial charge >= 0.3 is 5.91 Å². The molecule has 240 valence electrons. The topological polar surface area (TPSA) is 120 Å². The highest BCUT2D eigenvalue weighted by Crippen LogP contribution is 2.48. The summed E-state index contributed by atoms with van der Waals surface area (Å²) in [7, 11) is 4.38. The first kappa shape index (κ1) is 32.8. The summed E-state index contributed by atoms with van der Waals surface area (Å²) in [6.45, 7) is 2.62. The Morgan fingerprint density at radius 1 is 0.978 bits per heavy atom. The van der Waals surface area contributed by atoms with E-state index in [0.29, 0.717) is 50.8 Å². The van der Waals surface area contributed by atoms with Gasteiger partial charge in [0.2, 0.25) is 10.9 Å². The van der Waals surface area contributed by atoms with Crippen molar-refractivity contribution in [2.24, 2.45) is 0 Å². The lowest BCUT2D eigenvalue weighted by atomic mass is 9.94. The number of ketones is 1. The molecule has 1 N–H and O–H groups in total. The van der Waals surface area contributed by atoms with E-state index in [1.165, 1.54) is 50.1 Å². The molecule has 0 radical (unpaired) electrons. The van der Waals surface area contributed by atoms with E-state index in [9.17, 15) is 19.1 Å². The smallest absolute Gasteiger partial charge is 0.301 e. The van der Waals surface area contributed by atoms with E-state index in [1.807, 2.05) is 0 Å². The molecule has 0 spiro atoms. The van der Waals surface area contributed by atoms with Crippen molar-refractivity contribution in [2.45, 2.75) is 35.9 Å². The monoisotopic (exact) mass is 665 g/mol. The van der Waals surface area contributed by atoms with Crippen molar-refractivity contribution >= 4 is 45.7 Å². The molecule has 1 aliphatic heterocycles. The van der Waals surface area contributed by atoms with Crippen LogP contribution in [0.1, 0.15) is 42.5 Å². The molecular formula is C33H32FN3O7S2. The summed E-state index contributed by atoms with van der Waals surface area (Å²) in [5.74, 6) is -0.456. The molecule has 5 rings (SSSR count). The second kappa shape index (κ2) is 14.6. The molecule has 1 fully saturated rings. The van der Waals surface area contributed by atoms with Gasteiger partial charge in [0, 0.05) is 11.3 Å². The number of aliphatic hydroxyl groups excluding tert-OH is 1. The largest absolute Gasteiger partial charge is 0.507 e. The van der Waals surface area contributed by atoms with Crippen molar-refractivity contribution in [1.82, 2.24) is 10.2 Å². The van der Waals surface area contributed by atoms with Crippen LogP contribution in [0.3, 0.4) is 0 Å². The number of anilines is 1. The summed E-state index contributed by atoms with van der Waals surface area (Å²) in [6, 6.07) is 14.9. The fourth-order valence-corrected chi connectivity index (χ4v) is 6.71. The van der Waals surface area contributed by atoms with Gasteiger partial charge < -0.3 is 24.1 Å². The average Bonchev–Trinajstić information content (AvgIpc) is 3.65. The number of aliphatic hydroxyl groups is 1. The first-order valence-corrected chi connectivity index (χ1v) is 16.1. The van der Waals surface area contributed by atoms with Crippen molar-refractivity contribution < 1.29 is 38.0 Å². The highest BCUT2D eigenvalue weighted by molar-refractivity contribution is 8.00. The van der Waals surface area contributed by atoms with Crippen LogP contribution >= 0.6 is 23.1 Å². The van der Waals surface area contributed by atoms with Crippen molar-refractivity contribution in [3.63, 3.8) is 0 Å². The van der Waals surface area contributed by atoms with Gasteiger partial charge in [-0.3, -0.25) is 14.5 Å². The lowest BCUT2D eigenvalue weighted by Gasteiger charge is -2.24. The quantitative estimate of drug-likeness (QED) is 0.0408. The molecule has 3 aromatic carbocycles. The molecule has 1 saturated heterocycles. The Hall–Kier alpha value is -4.62. The summed E-state index contributed by atoms with van der Waals surface area (Å²) < 4.78 is 36.2. The third kappa shape index (κ3) is 6.80. The Balaban J connectivity index is 1.57. The normalized spacial score (nSPS) is 15.7. The summed E-state index contributed by atoms with van der Waals surface area (Å²) in [5, 5.41) is 20.2. The second-order valence-corrected chi connectivity index (χ2v) is 12.3. The van der Waals surface area contributed by atoms with E-state index in [0.717, 1.165) is 29.7 Å². The number of rotatable bonds is 13. The van der Waals surface area contributed by atoms with Crippen LogP contribution in [-0.2, 0) is 15.3 Å². The molecule has 1 amide bonds. The summed E-state index contributed by atoms with van der Waals surface area (Å²) >= 11 is 2.47. The zero-order chi connectivity index (χ0) is 32.8. The molecule has 1 aliphatic rings. The molecule has 0 aliphatic carbocycles. The molecule has 2 heterocycles. The minimum atomic E-state index is -1.11. The number of nitrogens with zero attached hydrogens (tertiary/aromatic N) is 3. The van der Waals surface area contributed by atoms with Crippen LogP contribution < -0.4 is 23.8 Å². The number of aromatic nitrogens is 2. The van der Waals surface area contributed by atoms with Crippen molar-refractivity contribution in [2.75, 3.05) is 32.8 Å². The average molecular weight is 666 g/mol. The van der Waals surface area contributed by atoms with Crippen LogP contribution in [0.4, 0.5) is 9.52 Å². The Bertz CT molecular complexity index is 1720. The molecule has 1 aromatic heterocycles. The second-order valence-electron chi connectivity index (χ2n) is 10.1. The number of unbranched alkanes of at least 4 members (excludes halogenated alkanes) is 1. The summed E-state index contributed by atoms with van der Waals surface area (Å²) in [5.41, 5.74) is 1.47. The number of halogens is 1. The summed E-state index contributed by atoms with van der Waals surface area (Å²) in [4.78, 5) is 28.6. The van der Waals surface area contributed by atoms with Gasteiger partial charge in [0.25, 0.3) is 5.78 Å². The van der Waals surface area contributed by atoms with Crippen LogP contribution in [-0.4, -0.2) is 54.9 Å². The van der Waals surface area contributed by atoms with Gasteiger partial charge in [0.05, 0.1) is 39.6 Å². The number of hydrogen-bond acceptors (Lipinski definition) is 11.